The lowest BCUT2D eigenvalue weighted by atomic mass is 10.1. The highest BCUT2D eigenvalue weighted by molar-refractivity contribution is 5.99. The number of piperazine rings is 1. The molecule has 0 aliphatic carbocycles. The Balaban J connectivity index is 1.33. The summed E-state index contributed by atoms with van der Waals surface area (Å²) in [6.45, 7) is 2.10. The predicted molar refractivity (Wildman–Crippen MR) is 125 cm³/mol. The largest absolute Gasteiger partial charge is 0.489 e. The molecule has 5 rings (SSSR count). The molecule has 0 N–H and O–H groups in total. The molecule has 0 unspecified atom stereocenters. The van der Waals surface area contributed by atoms with E-state index in [1.54, 1.807) is 9.80 Å². The van der Waals surface area contributed by atoms with Gasteiger partial charge in [0.05, 0.1) is 0 Å². The summed E-state index contributed by atoms with van der Waals surface area (Å²) >= 11 is 0. The van der Waals surface area contributed by atoms with Gasteiger partial charge in [-0.15, -0.1) is 0 Å². The van der Waals surface area contributed by atoms with Crippen LogP contribution in [-0.2, 0) is 6.61 Å². The van der Waals surface area contributed by atoms with Crippen molar-refractivity contribution < 1.29 is 18.7 Å². The lowest BCUT2D eigenvalue weighted by Crippen LogP contribution is -2.50. The number of hydrogen-bond acceptors (Lipinski definition) is 4. The van der Waals surface area contributed by atoms with Gasteiger partial charge in [-0.2, -0.15) is 0 Å². The van der Waals surface area contributed by atoms with Crippen molar-refractivity contribution in [3.8, 4) is 5.75 Å². The Bertz CT molecular complexity index is 1260. The van der Waals surface area contributed by atoms with Crippen LogP contribution in [0.15, 0.2) is 89.3 Å². The van der Waals surface area contributed by atoms with Gasteiger partial charge in [-0.1, -0.05) is 54.6 Å². The standard InChI is InChI=1S/C27H24N2O4/c30-26(20-9-3-1-4-10-20)28-15-17-29(18-16-28)27(31)25-23(19-32-21-11-5-2-6-12-21)22-13-7-8-14-24(22)33-25/h1-14H,15-19H2. The fraction of sp³-hybridized carbons (Fsp3) is 0.185. The molecule has 1 aliphatic heterocycles. The molecule has 6 heteroatoms. The normalized spacial score (nSPS) is 13.8. The molecule has 1 aromatic heterocycles. The van der Waals surface area contributed by atoms with Crippen molar-refractivity contribution in [2.24, 2.45) is 0 Å². The maximum atomic E-state index is 13.4. The van der Waals surface area contributed by atoms with E-state index in [4.69, 9.17) is 9.15 Å². The first-order valence-corrected chi connectivity index (χ1v) is 11.0. The number of carbonyl (C=O) groups excluding carboxylic acids is 2. The summed E-state index contributed by atoms with van der Waals surface area (Å²) in [6, 6.07) is 26.3. The molecule has 1 saturated heterocycles. The van der Waals surface area contributed by atoms with Crippen LogP contribution in [0, 0.1) is 0 Å². The molecule has 6 nitrogen and oxygen atoms in total. The van der Waals surface area contributed by atoms with E-state index >= 15 is 0 Å². The van der Waals surface area contributed by atoms with E-state index in [0.717, 1.165) is 16.7 Å². The van der Waals surface area contributed by atoms with Crippen LogP contribution in [0.1, 0.15) is 26.5 Å². The van der Waals surface area contributed by atoms with Crippen LogP contribution in [0.5, 0.6) is 5.75 Å². The van der Waals surface area contributed by atoms with Crippen LogP contribution in [0.4, 0.5) is 0 Å². The summed E-state index contributed by atoms with van der Waals surface area (Å²) in [5.74, 6) is 0.845. The molecule has 2 amide bonds. The number of carbonyl (C=O) groups is 2. The molecule has 4 aromatic rings. The third kappa shape index (κ3) is 4.32. The molecule has 0 radical (unpaired) electrons. The second-order valence-electron chi connectivity index (χ2n) is 7.96. The molecular weight excluding hydrogens is 416 g/mol. The van der Waals surface area contributed by atoms with Gasteiger partial charge in [0.1, 0.15) is 17.9 Å². The van der Waals surface area contributed by atoms with Gasteiger partial charge in [0.25, 0.3) is 11.8 Å². The molecule has 0 saturated carbocycles. The van der Waals surface area contributed by atoms with Crippen molar-refractivity contribution in [1.29, 1.82) is 0 Å². The maximum Gasteiger partial charge on any atom is 0.290 e. The number of ether oxygens (including phenoxy) is 1. The minimum absolute atomic E-state index is 0.0108. The summed E-state index contributed by atoms with van der Waals surface area (Å²) in [4.78, 5) is 29.7. The number of rotatable bonds is 5. The molecule has 2 heterocycles. The average Bonchev–Trinajstić information content (AvgIpc) is 3.26. The number of furan rings is 1. The monoisotopic (exact) mass is 440 g/mol. The zero-order valence-electron chi connectivity index (χ0n) is 18.1. The Kier molecular flexibility index (Phi) is 5.81. The van der Waals surface area contributed by atoms with E-state index in [1.165, 1.54) is 0 Å². The minimum atomic E-state index is -0.176. The second kappa shape index (κ2) is 9.20. The maximum absolute atomic E-state index is 13.4. The quantitative estimate of drug-likeness (QED) is 0.455. The highest BCUT2D eigenvalue weighted by atomic mass is 16.5. The zero-order chi connectivity index (χ0) is 22.6. The smallest absolute Gasteiger partial charge is 0.290 e. The minimum Gasteiger partial charge on any atom is -0.489 e. The SMILES string of the molecule is O=C(c1ccccc1)N1CCN(C(=O)c2oc3ccccc3c2COc2ccccc2)CC1. The fourth-order valence-corrected chi connectivity index (χ4v) is 4.11. The van der Waals surface area contributed by atoms with Crippen LogP contribution in [0.2, 0.25) is 0 Å². The number of fused-ring (bicyclic) bond motifs is 1. The van der Waals surface area contributed by atoms with Crippen LogP contribution in [-0.4, -0.2) is 47.8 Å². The summed E-state index contributed by atoms with van der Waals surface area (Å²) in [6.07, 6.45) is 0. The van der Waals surface area contributed by atoms with Gasteiger partial charge >= 0.3 is 0 Å². The van der Waals surface area contributed by atoms with Crippen molar-refractivity contribution in [2.45, 2.75) is 6.61 Å². The molecule has 33 heavy (non-hydrogen) atoms. The van der Waals surface area contributed by atoms with E-state index in [1.807, 2.05) is 84.9 Å². The zero-order valence-corrected chi connectivity index (χ0v) is 18.1. The Hall–Kier alpha value is -4.06. The van der Waals surface area contributed by atoms with Gasteiger partial charge in [-0.25, -0.2) is 0 Å². The van der Waals surface area contributed by atoms with E-state index in [9.17, 15) is 9.59 Å². The fourth-order valence-electron chi connectivity index (χ4n) is 4.11. The van der Waals surface area contributed by atoms with E-state index in [0.29, 0.717) is 43.1 Å². The van der Waals surface area contributed by atoms with Crippen LogP contribution >= 0.6 is 0 Å². The third-order valence-corrected chi connectivity index (χ3v) is 5.89. The molecule has 1 aliphatic rings. The Morgan fingerprint density at radius 1 is 0.727 bits per heavy atom. The van der Waals surface area contributed by atoms with Crippen LogP contribution in [0.25, 0.3) is 11.0 Å². The van der Waals surface area contributed by atoms with E-state index in [2.05, 4.69) is 0 Å². The molecule has 0 bridgehead atoms. The van der Waals surface area contributed by atoms with Crippen molar-refractivity contribution in [3.05, 3.63) is 102 Å². The molecule has 0 atom stereocenters. The van der Waals surface area contributed by atoms with Gasteiger partial charge in [0, 0.05) is 42.7 Å². The van der Waals surface area contributed by atoms with Crippen molar-refractivity contribution >= 4 is 22.8 Å². The van der Waals surface area contributed by atoms with Crippen LogP contribution in [0.3, 0.4) is 0 Å². The molecular formula is C27H24N2O4. The molecule has 0 spiro atoms. The second-order valence-corrected chi connectivity index (χ2v) is 7.96. The number of para-hydroxylation sites is 2. The van der Waals surface area contributed by atoms with Gasteiger partial charge in [0.2, 0.25) is 0 Å². The average molecular weight is 440 g/mol. The number of hydrogen-bond donors (Lipinski definition) is 0. The number of amides is 2. The van der Waals surface area contributed by atoms with Crippen molar-refractivity contribution in [3.63, 3.8) is 0 Å². The van der Waals surface area contributed by atoms with Gasteiger partial charge in [-0.3, -0.25) is 9.59 Å². The summed E-state index contributed by atoms with van der Waals surface area (Å²) < 4.78 is 11.9. The number of nitrogens with zero attached hydrogens (tertiary/aromatic N) is 2. The summed E-state index contributed by atoms with van der Waals surface area (Å²) in [5, 5.41) is 0.870. The lowest BCUT2D eigenvalue weighted by molar-refractivity contribution is 0.0517. The highest BCUT2D eigenvalue weighted by Gasteiger charge is 2.29. The van der Waals surface area contributed by atoms with E-state index in [-0.39, 0.29) is 18.4 Å². The molecule has 3 aromatic carbocycles. The molecule has 1 fully saturated rings. The Morgan fingerprint density at radius 2 is 1.30 bits per heavy atom. The predicted octanol–water partition coefficient (Wildman–Crippen LogP) is 4.61. The van der Waals surface area contributed by atoms with Crippen molar-refractivity contribution in [1.82, 2.24) is 9.80 Å². The highest BCUT2D eigenvalue weighted by Crippen LogP contribution is 2.28. The lowest BCUT2D eigenvalue weighted by Gasteiger charge is -2.34. The Morgan fingerprint density at radius 3 is 2.00 bits per heavy atom. The van der Waals surface area contributed by atoms with Gasteiger partial charge in [-0.05, 0) is 30.3 Å². The van der Waals surface area contributed by atoms with Crippen molar-refractivity contribution in [2.75, 3.05) is 26.2 Å². The van der Waals surface area contributed by atoms with Gasteiger partial charge < -0.3 is 19.0 Å². The first kappa shape index (κ1) is 20.8. The topological polar surface area (TPSA) is 63.0 Å². The third-order valence-electron chi connectivity index (χ3n) is 5.89. The first-order valence-electron chi connectivity index (χ1n) is 11.0. The first-order chi connectivity index (χ1) is 16.2. The van der Waals surface area contributed by atoms with Crippen LogP contribution < -0.4 is 4.74 Å². The van der Waals surface area contributed by atoms with Gasteiger partial charge in [0.15, 0.2) is 5.76 Å². The Labute approximate surface area is 192 Å². The van der Waals surface area contributed by atoms with E-state index < -0.39 is 0 Å². The number of benzene rings is 3. The summed E-state index contributed by atoms with van der Waals surface area (Å²) in [5.41, 5.74) is 2.06. The summed E-state index contributed by atoms with van der Waals surface area (Å²) in [7, 11) is 0. The molecule has 166 valence electrons.